The van der Waals surface area contributed by atoms with Gasteiger partial charge in [-0.25, -0.2) is 9.97 Å². The molecule has 0 aliphatic rings. The van der Waals surface area contributed by atoms with E-state index in [2.05, 4.69) is 9.97 Å². The van der Waals surface area contributed by atoms with Gasteiger partial charge < -0.3 is 0 Å². The second-order valence-electron chi connectivity index (χ2n) is 3.57. The lowest BCUT2D eigenvalue weighted by atomic mass is 10.1. The van der Waals surface area contributed by atoms with E-state index in [1.807, 2.05) is 36.4 Å². The summed E-state index contributed by atoms with van der Waals surface area (Å²) < 4.78 is 0. The average Bonchev–Trinajstić information content (AvgIpc) is 2.29. The second kappa shape index (κ2) is 4.54. The molecule has 0 amide bonds. The highest BCUT2D eigenvalue weighted by Crippen LogP contribution is 2.08. The van der Waals surface area contributed by atoms with Crippen LogP contribution in [0.4, 0.5) is 0 Å². The zero-order valence-electron chi connectivity index (χ0n) is 9.01. The lowest BCUT2D eigenvalue weighted by molar-refractivity contribution is 0.957. The molecule has 0 spiro atoms. The van der Waals surface area contributed by atoms with Crippen molar-refractivity contribution in [3.05, 3.63) is 59.2 Å². The molecule has 0 fully saturated rings. The van der Waals surface area contributed by atoms with Crippen LogP contribution in [0.3, 0.4) is 0 Å². The highest BCUT2D eigenvalue weighted by atomic mass is 14.9. The van der Waals surface area contributed by atoms with Crippen LogP contribution in [-0.4, -0.2) is 9.97 Å². The molecule has 2 aromatic rings. The highest BCUT2D eigenvalue weighted by molar-refractivity contribution is 5.27. The third-order valence-electron chi connectivity index (χ3n) is 2.23. The number of aryl methyl sites for hydroxylation is 1. The van der Waals surface area contributed by atoms with Gasteiger partial charge in [0.25, 0.3) is 0 Å². The maximum Gasteiger partial charge on any atom is 0.144 e. The lowest BCUT2D eigenvalue weighted by Gasteiger charge is -2.02. The summed E-state index contributed by atoms with van der Waals surface area (Å²) in [4.78, 5) is 8.34. The Morgan fingerprint density at radius 3 is 2.62 bits per heavy atom. The Morgan fingerprint density at radius 1 is 1.19 bits per heavy atom. The molecule has 0 unspecified atom stereocenters. The summed E-state index contributed by atoms with van der Waals surface area (Å²) in [5, 5.41) is 8.81. The van der Waals surface area contributed by atoms with Crippen LogP contribution in [0, 0.1) is 18.3 Å². The van der Waals surface area contributed by atoms with Gasteiger partial charge in [-0.3, -0.25) is 0 Å². The molecular formula is C13H11N3. The quantitative estimate of drug-likeness (QED) is 0.762. The molecule has 0 aliphatic heterocycles. The summed E-state index contributed by atoms with van der Waals surface area (Å²) in [7, 11) is 0. The van der Waals surface area contributed by atoms with Gasteiger partial charge in [0.05, 0.1) is 0 Å². The molecule has 78 valence electrons. The molecule has 1 aromatic carbocycles. The first-order valence-electron chi connectivity index (χ1n) is 5.06. The van der Waals surface area contributed by atoms with Crippen molar-refractivity contribution in [1.82, 2.24) is 9.97 Å². The zero-order valence-corrected chi connectivity index (χ0v) is 9.01. The van der Waals surface area contributed by atoms with Crippen molar-refractivity contribution in [2.24, 2.45) is 0 Å². The minimum atomic E-state index is 0.429. The Bertz CT molecular complexity index is 527. The van der Waals surface area contributed by atoms with E-state index in [4.69, 9.17) is 5.26 Å². The molecule has 0 saturated heterocycles. The van der Waals surface area contributed by atoms with Crippen LogP contribution in [0.25, 0.3) is 0 Å². The molecule has 0 bridgehead atoms. The molecule has 3 nitrogen and oxygen atoms in total. The Hall–Kier alpha value is -2.21. The zero-order chi connectivity index (χ0) is 11.4. The number of nitrogens with zero attached hydrogens (tertiary/aromatic N) is 3. The smallest absolute Gasteiger partial charge is 0.144 e. The van der Waals surface area contributed by atoms with Crippen molar-refractivity contribution >= 4 is 0 Å². The summed E-state index contributed by atoms with van der Waals surface area (Å²) in [5.74, 6) is 0.644. The van der Waals surface area contributed by atoms with Crippen molar-refractivity contribution in [3.63, 3.8) is 0 Å². The number of benzene rings is 1. The van der Waals surface area contributed by atoms with Gasteiger partial charge in [0, 0.05) is 12.1 Å². The summed E-state index contributed by atoms with van der Waals surface area (Å²) in [5.41, 5.74) is 2.50. The lowest BCUT2D eigenvalue weighted by Crippen LogP contribution is -1.98. The average molecular weight is 209 g/mol. The Balaban J connectivity index is 2.29. The first kappa shape index (κ1) is 10.3. The molecule has 0 N–H and O–H groups in total. The number of rotatable bonds is 2. The van der Waals surface area contributed by atoms with Gasteiger partial charge in [-0.1, -0.05) is 30.3 Å². The molecule has 1 heterocycles. The first-order chi connectivity index (χ1) is 7.78. The topological polar surface area (TPSA) is 49.6 Å². The maximum atomic E-state index is 8.81. The monoisotopic (exact) mass is 209 g/mol. The molecule has 0 aliphatic carbocycles. The standard InChI is InChI=1S/C13H11N3/c1-10-15-12(8-13(9-14)16-10)7-11-5-3-2-4-6-11/h2-6,8H,7H2,1H3. The number of nitriles is 1. The third kappa shape index (κ3) is 2.43. The van der Waals surface area contributed by atoms with Gasteiger partial charge in [-0.2, -0.15) is 5.26 Å². The summed E-state index contributed by atoms with van der Waals surface area (Å²) >= 11 is 0. The van der Waals surface area contributed by atoms with E-state index >= 15 is 0 Å². The van der Waals surface area contributed by atoms with Crippen molar-refractivity contribution in [2.45, 2.75) is 13.3 Å². The van der Waals surface area contributed by atoms with E-state index < -0.39 is 0 Å². The minimum absolute atomic E-state index is 0.429. The van der Waals surface area contributed by atoms with Crippen LogP contribution < -0.4 is 0 Å². The van der Waals surface area contributed by atoms with Gasteiger partial charge in [0.1, 0.15) is 17.6 Å². The van der Waals surface area contributed by atoms with E-state index in [9.17, 15) is 0 Å². The Kier molecular flexibility index (Phi) is 2.93. The van der Waals surface area contributed by atoms with Crippen LogP contribution in [0.15, 0.2) is 36.4 Å². The minimum Gasteiger partial charge on any atom is -0.238 e. The third-order valence-corrected chi connectivity index (χ3v) is 2.23. The van der Waals surface area contributed by atoms with E-state index in [-0.39, 0.29) is 0 Å². The molecular weight excluding hydrogens is 198 g/mol. The fourth-order valence-electron chi connectivity index (χ4n) is 1.58. The number of hydrogen-bond donors (Lipinski definition) is 0. The predicted octanol–water partition coefficient (Wildman–Crippen LogP) is 2.25. The molecule has 1 aromatic heterocycles. The van der Waals surface area contributed by atoms with E-state index in [1.54, 1.807) is 13.0 Å². The van der Waals surface area contributed by atoms with Crippen LogP contribution in [0.1, 0.15) is 22.8 Å². The summed E-state index contributed by atoms with van der Waals surface area (Å²) in [6.45, 7) is 1.80. The molecule has 16 heavy (non-hydrogen) atoms. The Morgan fingerprint density at radius 2 is 1.94 bits per heavy atom. The van der Waals surface area contributed by atoms with Crippen LogP contribution in [0.2, 0.25) is 0 Å². The van der Waals surface area contributed by atoms with E-state index in [0.29, 0.717) is 11.5 Å². The second-order valence-corrected chi connectivity index (χ2v) is 3.57. The SMILES string of the molecule is Cc1nc(C#N)cc(Cc2ccccc2)n1. The normalized spacial score (nSPS) is 9.75. The van der Waals surface area contributed by atoms with Gasteiger partial charge in [0.15, 0.2) is 0 Å². The van der Waals surface area contributed by atoms with Crippen molar-refractivity contribution in [1.29, 1.82) is 5.26 Å². The van der Waals surface area contributed by atoms with Gasteiger partial charge >= 0.3 is 0 Å². The fraction of sp³-hybridized carbons (Fsp3) is 0.154. The van der Waals surface area contributed by atoms with Crippen LogP contribution >= 0.6 is 0 Å². The maximum absolute atomic E-state index is 8.81. The summed E-state index contributed by atoms with van der Waals surface area (Å²) in [6.07, 6.45) is 0.735. The van der Waals surface area contributed by atoms with Crippen LogP contribution in [-0.2, 0) is 6.42 Å². The molecule has 0 radical (unpaired) electrons. The van der Waals surface area contributed by atoms with Crippen LogP contribution in [0.5, 0.6) is 0 Å². The van der Waals surface area contributed by atoms with Crippen molar-refractivity contribution in [3.8, 4) is 6.07 Å². The van der Waals surface area contributed by atoms with Crippen molar-refractivity contribution in [2.75, 3.05) is 0 Å². The summed E-state index contributed by atoms with van der Waals surface area (Å²) in [6, 6.07) is 13.8. The van der Waals surface area contributed by atoms with Crippen molar-refractivity contribution < 1.29 is 0 Å². The largest absolute Gasteiger partial charge is 0.238 e. The fourth-order valence-corrected chi connectivity index (χ4v) is 1.58. The number of aromatic nitrogens is 2. The van der Waals surface area contributed by atoms with E-state index in [1.165, 1.54) is 5.56 Å². The molecule has 0 atom stereocenters. The van der Waals surface area contributed by atoms with E-state index in [0.717, 1.165) is 12.1 Å². The highest BCUT2D eigenvalue weighted by Gasteiger charge is 2.02. The molecule has 3 heteroatoms. The predicted molar refractivity (Wildman–Crippen MR) is 60.7 cm³/mol. The van der Waals surface area contributed by atoms with Gasteiger partial charge in [-0.15, -0.1) is 0 Å². The van der Waals surface area contributed by atoms with Gasteiger partial charge in [-0.05, 0) is 18.6 Å². The Labute approximate surface area is 94.4 Å². The first-order valence-corrected chi connectivity index (χ1v) is 5.06. The molecule has 2 rings (SSSR count). The molecule has 0 saturated carbocycles. The van der Waals surface area contributed by atoms with Gasteiger partial charge in [0.2, 0.25) is 0 Å². The number of hydrogen-bond acceptors (Lipinski definition) is 3.